The van der Waals surface area contributed by atoms with Gasteiger partial charge in [-0.15, -0.1) is 5.98 Å². The standard InChI is InChI=1S/C46H41BN4O2/c1-9-17-28(18-10-2)43-49-44(29-19-15-14-16-20-29)51-45(50-43)35(26-47-8)41-33(13-5)32(12-4)40(53-41)31(11-3)30-21-22-34-37(25-30)46(6,7)36-23-24-38-42(39(34)36)52-27-48-38/h9-27,47H,1,4-5H2,2-3,6-8H3/b18-10-,28-17+,31-11-,35-26+. The van der Waals surface area contributed by atoms with Crippen molar-refractivity contribution in [2.24, 2.45) is 0 Å². The van der Waals surface area contributed by atoms with Gasteiger partial charge in [0, 0.05) is 44.4 Å². The Bertz CT molecular complexity index is 2540. The second-order valence-corrected chi connectivity index (χ2v) is 13.3. The summed E-state index contributed by atoms with van der Waals surface area (Å²) in [5.74, 6) is 4.98. The maximum absolute atomic E-state index is 6.98. The lowest BCUT2D eigenvalue weighted by Crippen LogP contribution is -2.15. The molecule has 260 valence electrons. The highest BCUT2D eigenvalue weighted by Crippen LogP contribution is 2.52. The zero-order valence-corrected chi connectivity index (χ0v) is 30.9. The highest BCUT2D eigenvalue weighted by Gasteiger charge is 2.38. The van der Waals surface area contributed by atoms with Gasteiger partial charge in [0.15, 0.2) is 29.4 Å². The number of oxazole rings is 1. The van der Waals surface area contributed by atoms with Gasteiger partial charge >= 0.3 is 0 Å². The summed E-state index contributed by atoms with van der Waals surface area (Å²) in [6, 6.07) is 20.8. The first-order valence-electron chi connectivity index (χ1n) is 17.9. The Labute approximate surface area is 311 Å². The van der Waals surface area contributed by atoms with Crippen molar-refractivity contribution in [3.63, 3.8) is 0 Å². The molecule has 0 saturated carbocycles. The van der Waals surface area contributed by atoms with Crippen LogP contribution in [0.2, 0.25) is 6.82 Å². The highest BCUT2D eigenvalue weighted by atomic mass is 16.3. The number of hydrogen-bond donors (Lipinski definition) is 0. The third-order valence-corrected chi connectivity index (χ3v) is 9.83. The molecular formula is C46H41BN4O2. The van der Waals surface area contributed by atoms with E-state index in [1.165, 1.54) is 17.5 Å². The third kappa shape index (κ3) is 5.98. The second-order valence-electron chi connectivity index (χ2n) is 13.3. The van der Waals surface area contributed by atoms with Crippen LogP contribution in [0.5, 0.6) is 0 Å². The van der Waals surface area contributed by atoms with Crippen molar-refractivity contribution in [2.75, 3.05) is 0 Å². The summed E-state index contributed by atoms with van der Waals surface area (Å²) in [6.07, 6.45) is 14.8. The number of hydrogen-bond acceptors (Lipinski definition) is 6. The molecule has 7 rings (SSSR count). The Morgan fingerprint density at radius 1 is 0.830 bits per heavy atom. The smallest absolute Gasteiger partial charge is 0.182 e. The third-order valence-electron chi connectivity index (χ3n) is 9.83. The van der Waals surface area contributed by atoms with E-state index in [0.29, 0.717) is 36.3 Å². The van der Waals surface area contributed by atoms with Gasteiger partial charge in [0.05, 0.1) is 0 Å². The van der Waals surface area contributed by atoms with Gasteiger partial charge in [-0.05, 0) is 48.2 Å². The molecule has 7 heteroatoms. The van der Waals surface area contributed by atoms with Crippen molar-refractivity contribution in [1.82, 2.24) is 19.9 Å². The van der Waals surface area contributed by atoms with Crippen LogP contribution in [0, 0.1) is 0 Å². The molecule has 53 heavy (non-hydrogen) atoms. The first-order valence-corrected chi connectivity index (χ1v) is 17.9. The molecule has 0 amide bonds. The summed E-state index contributed by atoms with van der Waals surface area (Å²) in [5.41, 5.74) is 12.2. The second kappa shape index (κ2) is 14.4. The van der Waals surface area contributed by atoms with Crippen LogP contribution in [-0.4, -0.2) is 27.2 Å². The number of aromatic nitrogens is 4. The monoisotopic (exact) mass is 692 g/mol. The summed E-state index contributed by atoms with van der Waals surface area (Å²) in [4.78, 5) is 19.4. The van der Waals surface area contributed by atoms with Crippen molar-refractivity contribution >= 4 is 47.3 Å². The van der Waals surface area contributed by atoms with Crippen LogP contribution >= 0.6 is 0 Å². The van der Waals surface area contributed by atoms with Crippen molar-refractivity contribution in [1.29, 1.82) is 0 Å². The first-order chi connectivity index (χ1) is 25.8. The number of rotatable bonds is 11. The summed E-state index contributed by atoms with van der Waals surface area (Å²) in [7, 11) is 0.715. The van der Waals surface area contributed by atoms with Crippen molar-refractivity contribution < 1.29 is 8.83 Å². The Balaban J connectivity index is 1.40. The van der Waals surface area contributed by atoms with E-state index in [1.54, 1.807) is 6.08 Å². The number of fused-ring (bicyclic) bond motifs is 5. The van der Waals surface area contributed by atoms with Crippen LogP contribution in [0.1, 0.15) is 78.7 Å². The fourth-order valence-corrected chi connectivity index (χ4v) is 7.34. The van der Waals surface area contributed by atoms with Gasteiger partial charge in [-0.1, -0.05) is 131 Å². The van der Waals surface area contributed by atoms with E-state index in [-0.39, 0.29) is 5.41 Å². The zero-order chi connectivity index (χ0) is 37.3. The van der Waals surface area contributed by atoms with Crippen LogP contribution in [0.4, 0.5) is 0 Å². The zero-order valence-electron chi connectivity index (χ0n) is 30.9. The van der Waals surface area contributed by atoms with Crippen molar-refractivity contribution in [3.8, 4) is 22.5 Å². The molecule has 3 heterocycles. The molecule has 0 saturated heterocycles. The molecule has 1 aliphatic carbocycles. The lowest BCUT2D eigenvalue weighted by atomic mass is 9.79. The van der Waals surface area contributed by atoms with Gasteiger partial charge in [0.25, 0.3) is 0 Å². The van der Waals surface area contributed by atoms with Gasteiger partial charge in [-0.2, -0.15) is 0 Å². The number of allylic oxidation sites excluding steroid dienone is 6. The maximum atomic E-state index is 6.98. The molecule has 6 nitrogen and oxygen atoms in total. The minimum Gasteiger partial charge on any atom is -0.455 e. The van der Waals surface area contributed by atoms with E-state index in [9.17, 15) is 0 Å². The molecule has 0 spiro atoms. The molecule has 0 unspecified atom stereocenters. The van der Waals surface area contributed by atoms with Gasteiger partial charge in [0.1, 0.15) is 24.3 Å². The normalized spacial score (nSPS) is 14.0. The molecule has 3 aromatic heterocycles. The fraction of sp³-hybridized carbons (Fsp3) is 0.130. The average Bonchev–Trinajstić information content (AvgIpc) is 3.87. The van der Waals surface area contributed by atoms with Crippen LogP contribution in [-0.2, 0) is 5.41 Å². The molecule has 1 aliphatic rings. The van der Waals surface area contributed by atoms with Gasteiger partial charge in [0.2, 0.25) is 0 Å². The Hall–Kier alpha value is -6.34. The number of nitrogens with zero attached hydrogens (tertiary/aromatic N) is 4. The van der Waals surface area contributed by atoms with Crippen LogP contribution in [0.25, 0.3) is 62.5 Å². The van der Waals surface area contributed by atoms with Crippen molar-refractivity contribution in [2.45, 2.75) is 39.9 Å². The molecule has 0 fully saturated rings. The van der Waals surface area contributed by atoms with Crippen LogP contribution in [0.15, 0.2) is 132 Å². The largest absolute Gasteiger partial charge is 0.455 e. The predicted octanol–water partition coefficient (Wildman–Crippen LogP) is 11.3. The number of benzene rings is 3. The quantitative estimate of drug-likeness (QED) is 0.0993. The highest BCUT2D eigenvalue weighted by molar-refractivity contribution is 6.42. The molecule has 0 aliphatic heterocycles. The lowest BCUT2D eigenvalue weighted by Gasteiger charge is -2.22. The van der Waals surface area contributed by atoms with E-state index in [0.717, 1.165) is 61.2 Å². The average molecular weight is 693 g/mol. The molecule has 0 atom stereocenters. The van der Waals surface area contributed by atoms with Gasteiger partial charge < -0.3 is 8.83 Å². The van der Waals surface area contributed by atoms with Crippen LogP contribution in [0.3, 0.4) is 0 Å². The topological polar surface area (TPSA) is 77.8 Å². The molecule has 0 radical (unpaired) electrons. The maximum Gasteiger partial charge on any atom is 0.182 e. The SMILES string of the molecule is C=C/C=C(\C=C/C)c1nc(/C(=C/BC)c2oc(/C(=C\C)c3ccc4c(c3)C(C)(C)c3ccc5ncoc5c3-4)c(C=C)c2C=C)nc(-c2ccccc2)n1. The summed E-state index contributed by atoms with van der Waals surface area (Å²) in [6.45, 7) is 23.0. The minimum atomic E-state index is -0.252. The fourth-order valence-electron chi connectivity index (χ4n) is 7.34. The lowest BCUT2D eigenvalue weighted by molar-refractivity contribution is 0.539. The van der Waals surface area contributed by atoms with Crippen molar-refractivity contribution in [3.05, 3.63) is 174 Å². The molecule has 0 N–H and O–H groups in total. The van der Waals surface area contributed by atoms with E-state index >= 15 is 0 Å². The van der Waals surface area contributed by atoms with Gasteiger partial charge in [-0.25, -0.2) is 19.9 Å². The predicted molar refractivity (Wildman–Crippen MR) is 222 cm³/mol. The molecule has 3 aromatic carbocycles. The molecular weight excluding hydrogens is 651 g/mol. The van der Waals surface area contributed by atoms with Crippen LogP contribution < -0.4 is 0 Å². The summed E-state index contributed by atoms with van der Waals surface area (Å²) in [5, 5.41) is 0. The van der Waals surface area contributed by atoms with Gasteiger partial charge in [-0.3, -0.25) is 0 Å². The Morgan fingerprint density at radius 2 is 1.57 bits per heavy atom. The van der Waals surface area contributed by atoms with E-state index in [4.69, 9.17) is 23.8 Å². The van der Waals surface area contributed by atoms with E-state index < -0.39 is 0 Å². The first kappa shape index (κ1) is 35.1. The van der Waals surface area contributed by atoms with E-state index in [1.807, 2.05) is 80.6 Å². The summed E-state index contributed by atoms with van der Waals surface area (Å²) >= 11 is 0. The number of furan rings is 1. The Kier molecular flexibility index (Phi) is 9.50. The minimum absolute atomic E-state index is 0.252. The molecule has 0 bridgehead atoms. The van der Waals surface area contributed by atoms with E-state index in [2.05, 4.69) is 81.7 Å². The Morgan fingerprint density at radius 3 is 2.25 bits per heavy atom. The molecule has 6 aromatic rings. The summed E-state index contributed by atoms with van der Waals surface area (Å²) < 4.78 is 12.9.